The van der Waals surface area contributed by atoms with E-state index in [0.29, 0.717) is 0 Å². The summed E-state index contributed by atoms with van der Waals surface area (Å²) < 4.78 is 0. The molecule has 0 heterocycles. The van der Waals surface area contributed by atoms with Crippen molar-refractivity contribution in [2.45, 2.75) is 52.4 Å². The van der Waals surface area contributed by atoms with Gasteiger partial charge >= 0.3 is 0 Å². The van der Waals surface area contributed by atoms with Crippen molar-refractivity contribution in [2.75, 3.05) is 4.90 Å². The van der Waals surface area contributed by atoms with Crippen molar-refractivity contribution in [3.63, 3.8) is 0 Å². The predicted octanol–water partition coefficient (Wildman–Crippen LogP) is 21.2. The molecule has 362 valence electrons. The Kier molecular flexibility index (Phi) is 12.1. The van der Waals surface area contributed by atoms with Crippen LogP contribution in [0.15, 0.2) is 261 Å². The van der Waals surface area contributed by atoms with Crippen LogP contribution in [0.5, 0.6) is 0 Å². The molecule has 0 N–H and O–H groups in total. The van der Waals surface area contributed by atoms with Crippen molar-refractivity contribution in [1.82, 2.24) is 0 Å². The van der Waals surface area contributed by atoms with Gasteiger partial charge in [-0.2, -0.15) is 0 Å². The summed E-state index contributed by atoms with van der Waals surface area (Å²) in [5, 5.41) is 7.32. The molecule has 0 aliphatic heterocycles. The Morgan fingerprint density at radius 3 is 1.15 bits per heavy atom. The fourth-order valence-electron chi connectivity index (χ4n) is 11.2. The van der Waals surface area contributed by atoms with Gasteiger partial charge in [0.05, 0.1) is 17.1 Å². The van der Waals surface area contributed by atoms with E-state index < -0.39 is 0 Å². The topological polar surface area (TPSA) is 3.24 Å². The predicted molar refractivity (Wildman–Crippen MR) is 324 cm³/mol. The number of fused-ring (bicyclic) bond motifs is 3. The molecule has 0 aliphatic carbocycles. The first-order chi connectivity index (χ1) is 36.5. The van der Waals surface area contributed by atoms with E-state index in [1.165, 1.54) is 71.3 Å². The zero-order chi connectivity index (χ0) is 51.3. The largest absolute Gasteiger partial charge is 0.309 e. The third kappa shape index (κ3) is 9.00. The maximum atomic E-state index is 2.59. The molecular formula is C74H61N. The minimum Gasteiger partial charge on any atom is -0.309 e. The lowest BCUT2D eigenvalue weighted by Gasteiger charge is -2.33. The highest BCUT2D eigenvalue weighted by molar-refractivity contribution is 6.10. The average Bonchev–Trinajstić information content (AvgIpc) is 3.45. The Labute approximate surface area is 443 Å². The SMILES string of the molecule is CC(C)(C)c1cc(-c2cccc3cccc(-c4ccccc4N(c4cc(-c5cccc6ccccc56)ccc4-c4ccccc4)c4cc(-c5cccc6ccccc56)ccc4-c4ccccc4)c23)cc(C(C)(C)C)c1. The van der Waals surface area contributed by atoms with Crippen LogP contribution < -0.4 is 4.90 Å². The molecule has 0 atom stereocenters. The number of benzene rings is 12. The summed E-state index contributed by atoms with van der Waals surface area (Å²) in [6.07, 6.45) is 0. The number of hydrogen-bond acceptors (Lipinski definition) is 1. The maximum absolute atomic E-state index is 2.59. The van der Waals surface area contributed by atoms with E-state index >= 15 is 0 Å². The van der Waals surface area contributed by atoms with Gasteiger partial charge in [-0.25, -0.2) is 0 Å². The average molecular weight is 964 g/mol. The molecule has 12 aromatic rings. The van der Waals surface area contributed by atoms with Gasteiger partial charge < -0.3 is 4.90 Å². The minimum atomic E-state index is -0.0371. The lowest BCUT2D eigenvalue weighted by Crippen LogP contribution is -2.16. The summed E-state index contributed by atoms with van der Waals surface area (Å²) in [4.78, 5) is 2.59. The Bertz CT molecular complexity index is 3860. The van der Waals surface area contributed by atoms with Crippen LogP contribution >= 0.6 is 0 Å². The summed E-state index contributed by atoms with van der Waals surface area (Å²) in [6.45, 7) is 14.0. The molecule has 0 saturated heterocycles. The van der Waals surface area contributed by atoms with E-state index in [2.05, 4.69) is 307 Å². The monoisotopic (exact) mass is 963 g/mol. The van der Waals surface area contributed by atoms with Crippen LogP contribution in [0.25, 0.3) is 99.1 Å². The summed E-state index contributed by atoms with van der Waals surface area (Å²) in [7, 11) is 0. The third-order valence-corrected chi connectivity index (χ3v) is 15.2. The van der Waals surface area contributed by atoms with Crippen LogP contribution in [0.4, 0.5) is 17.1 Å². The van der Waals surface area contributed by atoms with Gasteiger partial charge in [-0.15, -0.1) is 0 Å². The molecule has 75 heavy (non-hydrogen) atoms. The van der Waals surface area contributed by atoms with Crippen LogP contribution in [-0.2, 0) is 10.8 Å². The van der Waals surface area contributed by atoms with Gasteiger partial charge in [0.1, 0.15) is 0 Å². The van der Waals surface area contributed by atoms with Crippen LogP contribution in [0, 0.1) is 0 Å². The Balaban J connectivity index is 1.20. The van der Waals surface area contributed by atoms with E-state index in [-0.39, 0.29) is 10.8 Å². The lowest BCUT2D eigenvalue weighted by atomic mass is 9.78. The Morgan fingerprint density at radius 1 is 0.240 bits per heavy atom. The number of para-hydroxylation sites is 1. The zero-order valence-electron chi connectivity index (χ0n) is 43.8. The molecule has 0 aliphatic rings. The summed E-state index contributed by atoms with van der Waals surface area (Å²) >= 11 is 0. The van der Waals surface area contributed by atoms with Gasteiger partial charge in [0.25, 0.3) is 0 Å². The number of anilines is 3. The van der Waals surface area contributed by atoms with Gasteiger partial charge in [-0.1, -0.05) is 284 Å². The van der Waals surface area contributed by atoms with Crippen LogP contribution in [0.2, 0.25) is 0 Å². The second kappa shape index (κ2) is 19.2. The van der Waals surface area contributed by atoms with E-state index in [9.17, 15) is 0 Å². The van der Waals surface area contributed by atoms with Crippen LogP contribution in [-0.4, -0.2) is 0 Å². The van der Waals surface area contributed by atoms with E-state index in [0.717, 1.165) is 56.0 Å². The fraction of sp³-hybridized carbons (Fsp3) is 0.108. The maximum Gasteiger partial charge on any atom is 0.0546 e. The van der Waals surface area contributed by atoms with E-state index in [1.54, 1.807) is 0 Å². The van der Waals surface area contributed by atoms with Crippen molar-refractivity contribution in [2.24, 2.45) is 0 Å². The molecule has 0 unspecified atom stereocenters. The van der Waals surface area contributed by atoms with Crippen molar-refractivity contribution in [3.05, 3.63) is 272 Å². The van der Waals surface area contributed by atoms with Gasteiger partial charge in [-0.05, 0) is 123 Å². The number of hydrogen-bond donors (Lipinski definition) is 0. The molecule has 0 bridgehead atoms. The summed E-state index contributed by atoms with van der Waals surface area (Å²) in [5.41, 5.74) is 19.9. The van der Waals surface area contributed by atoms with Gasteiger partial charge in [0, 0.05) is 16.7 Å². The van der Waals surface area contributed by atoms with E-state index in [1.807, 2.05) is 0 Å². The first kappa shape index (κ1) is 47.2. The van der Waals surface area contributed by atoms with Crippen LogP contribution in [0.3, 0.4) is 0 Å². The molecule has 1 heteroatoms. The number of rotatable bonds is 9. The molecule has 1 nitrogen and oxygen atoms in total. The summed E-state index contributed by atoms with van der Waals surface area (Å²) in [6, 6.07) is 97.1. The van der Waals surface area contributed by atoms with Crippen molar-refractivity contribution in [3.8, 4) is 66.8 Å². The zero-order valence-corrected chi connectivity index (χ0v) is 43.8. The quantitative estimate of drug-likeness (QED) is 0.139. The Morgan fingerprint density at radius 2 is 0.640 bits per heavy atom. The number of nitrogens with zero attached hydrogens (tertiary/aromatic N) is 1. The summed E-state index contributed by atoms with van der Waals surface area (Å²) in [5.74, 6) is 0. The lowest BCUT2D eigenvalue weighted by molar-refractivity contribution is 0.569. The Hall–Kier alpha value is -8.78. The molecule has 0 fully saturated rings. The highest BCUT2D eigenvalue weighted by Crippen LogP contribution is 2.52. The second-order valence-electron chi connectivity index (χ2n) is 22.1. The minimum absolute atomic E-state index is 0.0371. The molecule has 0 spiro atoms. The molecule has 0 amide bonds. The molecule has 12 aromatic carbocycles. The van der Waals surface area contributed by atoms with Gasteiger partial charge in [-0.3, -0.25) is 0 Å². The van der Waals surface area contributed by atoms with Crippen molar-refractivity contribution < 1.29 is 0 Å². The van der Waals surface area contributed by atoms with Gasteiger partial charge in [0.2, 0.25) is 0 Å². The van der Waals surface area contributed by atoms with Crippen molar-refractivity contribution >= 4 is 49.4 Å². The molecule has 0 aromatic heterocycles. The normalized spacial score (nSPS) is 11.9. The second-order valence-corrected chi connectivity index (χ2v) is 22.1. The standard InChI is InChI=1S/C74H61N/c1-73(2,3)58-45-57(46-59(49-58)74(4,5)6)66-38-21-31-54-32-22-39-68(72(54)66)67-35-17-18-40-69(67)75(70-47-55(41-43-64(70)52-23-9-7-10-24-52)62-36-19-29-50-27-13-15-33-60(50)62)71-48-56(42-44-65(71)53-25-11-8-12-26-53)63-37-20-30-51-28-14-16-34-61(51)63/h7-49H,1-6H3. The smallest absolute Gasteiger partial charge is 0.0546 e. The van der Waals surface area contributed by atoms with Gasteiger partial charge in [0.15, 0.2) is 0 Å². The fourth-order valence-corrected chi connectivity index (χ4v) is 11.2. The first-order valence-corrected chi connectivity index (χ1v) is 26.4. The molecule has 0 radical (unpaired) electrons. The molecular weight excluding hydrogens is 903 g/mol. The highest BCUT2D eigenvalue weighted by Gasteiger charge is 2.27. The van der Waals surface area contributed by atoms with E-state index in [4.69, 9.17) is 0 Å². The molecule has 12 rings (SSSR count). The molecule has 0 saturated carbocycles. The van der Waals surface area contributed by atoms with Crippen molar-refractivity contribution in [1.29, 1.82) is 0 Å². The highest BCUT2D eigenvalue weighted by atomic mass is 15.2. The van der Waals surface area contributed by atoms with Crippen LogP contribution in [0.1, 0.15) is 52.7 Å². The first-order valence-electron chi connectivity index (χ1n) is 26.4. The third-order valence-electron chi connectivity index (χ3n) is 15.2.